The minimum atomic E-state index is -3.38. The number of pyridine rings is 1. The lowest BCUT2D eigenvalue weighted by molar-refractivity contribution is 0.0791. The molecule has 3 rings (SSSR count). The zero-order chi connectivity index (χ0) is 19.4. The van der Waals surface area contributed by atoms with Gasteiger partial charge in [-0.2, -0.15) is 0 Å². The van der Waals surface area contributed by atoms with Crippen molar-refractivity contribution < 1.29 is 21.9 Å². The Kier molecular flexibility index (Phi) is 5.45. The fraction of sp³-hybridized carbons (Fsp3) is 0.235. The number of rotatable bonds is 7. The van der Waals surface area contributed by atoms with Crippen LogP contribution in [0.2, 0.25) is 0 Å². The molecular weight excluding hydrogens is 378 g/mol. The summed E-state index contributed by atoms with van der Waals surface area (Å²) in [4.78, 5) is 12.4. The molecule has 0 aliphatic carbocycles. The van der Waals surface area contributed by atoms with E-state index >= 15 is 0 Å². The molecule has 0 bridgehead atoms. The summed E-state index contributed by atoms with van der Waals surface area (Å²) in [6, 6.07) is 7.91. The first kappa shape index (κ1) is 18.9. The van der Waals surface area contributed by atoms with E-state index in [4.69, 9.17) is 4.74 Å². The zero-order valence-corrected chi connectivity index (χ0v) is 15.1. The van der Waals surface area contributed by atoms with E-state index in [1.165, 1.54) is 24.7 Å². The monoisotopic (exact) mass is 394 g/mol. The molecule has 2 aromatic heterocycles. The van der Waals surface area contributed by atoms with Gasteiger partial charge >= 0.3 is 0 Å². The van der Waals surface area contributed by atoms with Gasteiger partial charge in [-0.25, -0.2) is 32.2 Å². The van der Waals surface area contributed by atoms with Gasteiger partial charge in [0.25, 0.3) is 6.43 Å². The maximum atomic E-state index is 12.4. The lowest BCUT2D eigenvalue weighted by Gasteiger charge is -2.12. The number of hydrogen-bond donors (Lipinski definition) is 1. The maximum Gasteiger partial charge on any atom is 0.272 e. The van der Waals surface area contributed by atoms with Gasteiger partial charge in [0.05, 0.1) is 10.4 Å². The van der Waals surface area contributed by atoms with Crippen LogP contribution in [0.3, 0.4) is 0 Å². The van der Waals surface area contributed by atoms with Crippen LogP contribution in [0.1, 0.15) is 5.56 Å². The summed E-state index contributed by atoms with van der Waals surface area (Å²) in [6.45, 7) is -0.556. The molecule has 0 radical (unpaired) electrons. The number of anilines is 1. The molecule has 142 valence electrons. The number of ether oxygens (including phenoxy) is 1. The standard InChI is InChI=1S/C17H16F2N4O3S/c1-27(24,25)12-4-5-14-13(7-12)16(23-10-22-14)21-8-11-3-2-6-20-17(11)26-9-15(18)19/h2-7,10,15H,8-9H2,1H3,(H,21,22,23). The highest BCUT2D eigenvalue weighted by Crippen LogP contribution is 2.24. The summed E-state index contributed by atoms with van der Waals surface area (Å²) >= 11 is 0. The predicted octanol–water partition coefficient (Wildman–Crippen LogP) is 2.68. The van der Waals surface area contributed by atoms with Crippen LogP contribution in [0.15, 0.2) is 47.8 Å². The third-order valence-corrected chi connectivity index (χ3v) is 4.79. The van der Waals surface area contributed by atoms with Gasteiger partial charge in [-0.05, 0) is 24.3 Å². The van der Waals surface area contributed by atoms with Crippen molar-refractivity contribution in [3.8, 4) is 5.88 Å². The second kappa shape index (κ2) is 7.78. The van der Waals surface area contributed by atoms with E-state index in [9.17, 15) is 17.2 Å². The van der Waals surface area contributed by atoms with E-state index in [2.05, 4.69) is 20.3 Å². The van der Waals surface area contributed by atoms with Crippen LogP contribution in [0.4, 0.5) is 14.6 Å². The van der Waals surface area contributed by atoms with Gasteiger partial charge in [-0.1, -0.05) is 6.07 Å². The number of aromatic nitrogens is 3. The van der Waals surface area contributed by atoms with E-state index in [1.807, 2.05) is 0 Å². The van der Waals surface area contributed by atoms with Gasteiger partial charge in [-0.3, -0.25) is 0 Å². The normalized spacial score (nSPS) is 11.7. The average molecular weight is 394 g/mol. The van der Waals surface area contributed by atoms with Crippen molar-refractivity contribution in [3.63, 3.8) is 0 Å². The number of nitrogens with one attached hydrogen (secondary N) is 1. The Morgan fingerprint density at radius 3 is 2.74 bits per heavy atom. The van der Waals surface area contributed by atoms with Crippen molar-refractivity contribution in [2.24, 2.45) is 0 Å². The Hall–Kier alpha value is -2.88. The molecule has 0 unspecified atom stereocenters. The highest BCUT2D eigenvalue weighted by molar-refractivity contribution is 7.90. The lowest BCUT2D eigenvalue weighted by Crippen LogP contribution is -2.11. The van der Waals surface area contributed by atoms with E-state index in [0.29, 0.717) is 22.3 Å². The molecule has 0 spiro atoms. The molecule has 0 amide bonds. The molecule has 0 aliphatic heterocycles. The Balaban J connectivity index is 1.88. The molecular formula is C17H16F2N4O3S. The fourth-order valence-corrected chi connectivity index (χ4v) is 3.06. The number of fused-ring (bicyclic) bond motifs is 1. The van der Waals surface area contributed by atoms with Crippen LogP contribution in [0, 0.1) is 0 Å². The van der Waals surface area contributed by atoms with Crippen molar-refractivity contribution in [2.75, 3.05) is 18.2 Å². The number of benzene rings is 1. The third kappa shape index (κ3) is 4.64. The molecule has 3 aromatic rings. The molecule has 10 heteroatoms. The van der Waals surface area contributed by atoms with Gasteiger partial charge in [0.2, 0.25) is 5.88 Å². The Morgan fingerprint density at radius 2 is 2.00 bits per heavy atom. The molecule has 0 atom stereocenters. The van der Waals surface area contributed by atoms with E-state index in [0.717, 1.165) is 6.26 Å². The third-order valence-electron chi connectivity index (χ3n) is 3.68. The molecule has 2 heterocycles. The number of nitrogens with zero attached hydrogens (tertiary/aromatic N) is 3. The highest BCUT2D eigenvalue weighted by atomic mass is 32.2. The van der Waals surface area contributed by atoms with Gasteiger partial charge in [0.1, 0.15) is 12.1 Å². The van der Waals surface area contributed by atoms with Crippen LogP contribution < -0.4 is 10.1 Å². The fourth-order valence-electron chi connectivity index (χ4n) is 2.42. The van der Waals surface area contributed by atoms with Crippen LogP contribution in [0.25, 0.3) is 10.9 Å². The molecule has 27 heavy (non-hydrogen) atoms. The SMILES string of the molecule is CS(=O)(=O)c1ccc2ncnc(NCc3cccnc3OCC(F)F)c2c1. The lowest BCUT2D eigenvalue weighted by atomic mass is 10.2. The topological polar surface area (TPSA) is 94.1 Å². The van der Waals surface area contributed by atoms with Crippen molar-refractivity contribution >= 4 is 26.6 Å². The maximum absolute atomic E-state index is 12.4. The van der Waals surface area contributed by atoms with Gasteiger partial charge in [-0.15, -0.1) is 0 Å². The largest absolute Gasteiger partial charge is 0.471 e. The number of hydrogen-bond acceptors (Lipinski definition) is 7. The van der Waals surface area contributed by atoms with Crippen molar-refractivity contribution in [1.29, 1.82) is 0 Å². The van der Waals surface area contributed by atoms with Crippen LogP contribution in [0.5, 0.6) is 5.88 Å². The van der Waals surface area contributed by atoms with Crippen molar-refractivity contribution in [3.05, 3.63) is 48.4 Å². The average Bonchev–Trinajstić information content (AvgIpc) is 2.64. The first-order valence-corrected chi connectivity index (χ1v) is 9.77. The first-order chi connectivity index (χ1) is 12.8. The van der Waals surface area contributed by atoms with Crippen LogP contribution >= 0.6 is 0 Å². The first-order valence-electron chi connectivity index (χ1n) is 7.88. The van der Waals surface area contributed by atoms with Crippen LogP contribution in [-0.4, -0.2) is 42.7 Å². The summed E-state index contributed by atoms with van der Waals surface area (Å²) in [6.07, 6.45) is 1.31. The Labute approximate surface area is 154 Å². The smallest absolute Gasteiger partial charge is 0.272 e. The number of sulfone groups is 1. The quantitative estimate of drug-likeness (QED) is 0.658. The highest BCUT2D eigenvalue weighted by Gasteiger charge is 2.13. The summed E-state index contributed by atoms with van der Waals surface area (Å²) in [5.41, 5.74) is 1.13. The molecule has 1 aromatic carbocycles. The van der Waals surface area contributed by atoms with Crippen LogP contribution in [-0.2, 0) is 16.4 Å². The minimum Gasteiger partial charge on any atom is -0.471 e. The molecule has 7 nitrogen and oxygen atoms in total. The Morgan fingerprint density at radius 1 is 1.19 bits per heavy atom. The zero-order valence-electron chi connectivity index (χ0n) is 14.3. The van der Waals surface area contributed by atoms with E-state index in [-0.39, 0.29) is 17.3 Å². The van der Waals surface area contributed by atoms with Crippen molar-refractivity contribution in [2.45, 2.75) is 17.9 Å². The Bertz CT molecular complexity index is 1060. The summed E-state index contributed by atoms with van der Waals surface area (Å²) < 4.78 is 53.4. The van der Waals surface area contributed by atoms with Gasteiger partial charge in [0, 0.05) is 29.9 Å². The predicted molar refractivity (Wildman–Crippen MR) is 95.7 cm³/mol. The molecule has 0 fully saturated rings. The molecule has 0 aliphatic rings. The number of halogens is 2. The second-order valence-corrected chi connectivity index (χ2v) is 7.71. The minimum absolute atomic E-state index is 0.0977. The number of alkyl halides is 2. The van der Waals surface area contributed by atoms with E-state index < -0.39 is 22.9 Å². The van der Waals surface area contributed by atoms with E-state index in [1.54, 1.807) is 18.2 Å². The summed E-state index contributed by atoms with van der Waals surface area (Å²) in [5.74, 6) is 0.509. The molecule has 0 saturated heterocycles. The summed E-state index contributed by atoms with van der Waals surface area (Å²) in [5, 5.41) is 3.58. The van der Waals surface area contributed by atoms with Crippen molar-refractivity contribution in [1.82, 2.24) is 15.0 Å². The van der Waals surface area contributed by atoms with Gasteiger partial charge < -0.3 is 10.1 Å². The molecule has 1 N–H and O–H groups in total. The summed E-state index contributed by atoms with van der Waals surface area (Å²) in [7, 11) is -3.38. The second-order valence-electron chi connectivity index (χ2n) is 5.70. The molecule has 0 saturated carbocycles. The van der Waals surface area contributed by atoms with Gasteiger partial charge in [0.15, 0.2) is 16.4 Å².